The smallest absolute Gasteiger partial charge is 0.315 e. The Hall–Kier alpha value is -2.89. The van der Waals surface area contributed by atoms with Crippen molar-refractivity contribution in [3.05, 3.63) is 71.0 Å². The van der Waals surface area contributed by atoms with E-state index in [0.717, 1.165) is 11.1 Å². The molecule has 114 valence electrons. The summed E-state index contributed by atoms with van der Waals surface area (Å²) in [5, 5.41) is 5.33. The molecule has 5 nitrogen and oxygen atoms in total. The fourth-order valence-corrected chi connectivity index (χ4v) is 1.86. The molecule has 2 aromatic rings. The van der Waals surface area contributed by atoms with Crippen molar-refractivity contribution in [2.45, 2.75) is 13.1 Å². The third-order valence-electron chi connectivity index (χ3n) is 3.03. The maximum atomic E-state index is 12.8. The molecular weight excluding hydrogens is 285 g/mol. The number of benzene rings is 2. The molecule has 0 fully saturated rings. The average molecular weight is 301 g/mol. The molecule has 0 saturated carbocycles. The number of carbonyl (C=O) groups is 2. The van der Waals surface area contributed by atoms with Crippen LogP contribution >= 0.6 is 0 Å². The van der Waals surface area contributed by atoms with Gasteiger partial charge < -0.3 is 16.4 Å². The van der Waals surface area contributed by atoms with Crippen LogP contribution in [0.15, 0.2) is 48.5 Å². The molecule has 0 aliphatic carbocycles. The number of primary amides is 1. The second kappa shape index (κ2) is 7.21. The van der Waals surface area contributed by atoms with Gasteiger partial charge in [0.05, 0.1) is 0 Å². The van der Waals surface area contributed by atoms with Crippen LogP contribution in [0.25, 0.3) is 0 Å². The zero-order valence-corrected chi connectivity index (χ0v) is 11.8. The van der Waals surface area contributed by atoms with E-state index in [4.69, 9.17) is 5.73 Å². The van der Waals surface area contributed by atoms with Gasteiger partial charge in [-0.2, -0.15) is 0 Å². The molecule has 0 saturated heterocycles. The number of amides is 3. The van der Waals surface area contributed by atoms with Crippen molar-refractivity contribution < 1.29 is 14.0 Å². The van der Waals surface area contributed by atoms with E-state index in [1.807, 2.05) is 0 Å². The minimum absolute atomic E-state index is 0.274. The van der Waals surface area contributed by atoms with Gasteiger partial charge in [-0.05, 0) is 35.4 Å². The van der Waals surface area contributed by atoms with E-state index in [9.17, 15) is 14.0 Å². The first-order valence-electron chi connectivity index (χ1n) is 6.69. The van der Waals surface area contributed by atoms with Crippen LogP contribution in [-0.4, -0.2) is 11.9 Å². The number of urea groups is 1. The molecule has 3 amide bonds. The van der Waals surface area contributed by atoms with Crippen molar-refractivity contribution in [2.24, 2.45) is 5.73 Å². The molecule has 4 N–H and O–H groups in total. The van der Waals surface area contributed by atoms with Gasteiger partial charge in [0, 0.05) is 18.7 Å². The van der Waals surface area contributed by atoms with Crippen LogP contribution in [-0.2, 0) is 13.1 Å². The number of nitrogens with two attached hydrogens (primary N) is 1. The van der Waals surface area contributed by atoms with Crippen LogP contribution in [0.4, 0.5) is 9.18 Å². The molecule has 0 aromatic heterocycles. The number of hydrogen-bond acceptors (Lipinski definition) is 2. The Morgan fingerprint density at radius 1 is 0.955 bits per heavy atom. The van der Waals surface area contributed by atoms with Crippen molar-refractivity contribution in [1.82, 2.24) is 10.6 Å². The summed E-state index contributed by atoms with van der Waals surface area (Å²) in [5.74, 6) is -0.829. The molecule has 0 radical (unpaired) electrons. The molecule has 0 bridgehead atoms. The highest BCUT2D eigenvalue weighted by molar-refractivity contribution is 5.92. The van der Waals surface area contributed by atoms with E-state index in [0.29, 0.717) is 12.1 Å². The Kier molecular flexibility index (Phi) is 5.08. The summed E-state index contributed by atoms with van der Waals surface area (Å²) in [5.41, 5.74) is 7.16. The van der Waals surface area contributed by atoms with Crippen molar-refractivity contribution in [3.63, 3.8) is 0 Å². The van der Waals surface area contributed by atoms with E-state index in [2.05, 4.69) is 10.6 Å². The lowest BCUT2D eigenvalue weighted by Gasteiger charge is -2.08. The van der Waals surface area contributed by atoms with Gasteiger partial charge >= 0.3 is 6.03 Å². The first-order valence-corrected chi connectivity index (χ1v) is 6.69. The average Bonchev–Trinajstić information content (AvgIpc) is 2.52. The highest BCUT2D eigenvalue weighted by atomic mass is 19.1. The van der Waals surface area contributed by atoms with Gasteiger partial charge in [-0.25, -0.2) is 9.18 Å². The fraction of sp³-hybridized carbons (Fsp3) is 0.125. The van der Waals surface area contributed by atoms with Crippen molar-refractivity contribution >= 4 is 11.9 Å². The molecule has 0 aliphatic heterocycles. The topological polar surface area (TPSA) is 84.2 Å². The molecule has 2 aromatic carbocycles. The Bertz CT molecular complexity index is 671. The zero-order valence-electron chi connectivity index (χ0n) is 11.8. The lowest BCUT2D eigenvalue weighted by atomic mass is 10.1. The summed E-state index contributed by atoms with van der Waals surface area (Å²) < 4.78 is 12.8. The minimum Gasteiger partial charge on any atom is -0.366 e. The highest BCUT2D eigenvalue weighted by Gasteiger charge is 2.04. The normalized spacial score (nSPS) is 10.0. The van der Waals surface area contributed by atoms with Crippen LogP contribution in [0.1, 0.15) is 21.5 Å². The maximum absolute atomic E-state index is 12.8. The number of hydrogen-bond donors (Lipinski definition) is 3. The van der Waals surface area contributed by atoms with Gasteiger partial charge in [-0.1, -0.05) is 24.3 Å². The molecule has 0 atom stereocenters. The Labute approximate surface area is 127 Å². The van der Waals surface area contributed by atoms with Gasteiger partial charge in [-0.3, -0.25) is 4.79 Å². The standard InChI is InChI=1S/C16H16FN3O2/c17-14-6-4-11(5-7-14)9-19-16(22)20-10-12-2-1-3-13(8-12)15(18)21/h1-8H,9-10H2,(H2,18,21)(H2,19,20,22). The van der Waals surface area contributed by atoms with Crippen LogP contribution in [0.2, 0.25) is 0 Å². The summed E-state index contributed by atoms with van der Waals surface area (Å²) >= 11 is 0. The molecule has 6 heteroatoms. The second-order valence-electron chi connectivity index (χ2n) is 4.73. The van der Waals surface area contributed by atoms with Gasteiger partial charge in [0.2, 0.25) is 5.91 Å². The Balaban J connectivity index is 1.81. The lowest BCUT2D eigenvalue weighted by Crippen LogP contribution is -2.34. The van der Waals surface area contributed by atoms with Crippen LogP contribution < -0.4 is 16.4 Å². The SMILES string of the molecule is NC(=O)c1cccc(CNC(=O)NCc2ccc(F)cc2)c1. The zero-order chi connectivity index (χ0) is 15.9. The maximum Gasteiger partial charge on any atom is 0.315 e. The van der Waals surface area contributed by atoms with Gasteiger partial charge in [-0.15, -0.1) is 0 Å². The summed E-state index contributed by atoms with van der Waals surface area (Å²) in [6.45, 7) is 0.573. The highest BCUT2D eigenvalue weighted by Crippen LogP contribution is 2.05. The van der Waals surface area contributed by atoms with Crippen LogP contribution in [0.5, 0.6) is 0 Å². The van der Waals surface area contributed by atoms with Crippen molar-refractivity contribution in [1.29, 1.82) is 0 Å². The monoisotopic (exact) mass is 301 g/mol. The first kappa shape index (κ1) is 15.5. The minimum atomic E-state index is -0.511. The summed E-state index contributed by atoms with van der Waals surface area (Å²) in [6.07, 6.45) is 0. The van der Waals surface area contributed by atoms with E-state index in [1.165, 1.54) is 12.1 Å². The first-order chi connectivity index (χ1) is 10.5. The van der Waals surface area contributed by atoms with E-state index >= 15 is 0 Å². The molecule has 22 heavy (non-hydrogen) atoms. The number of carbonyl (C=O) groups excluding carboxylic acids is 2. The van der Waals surface area contributed by atoms with Gasteiger partial charge in [0.15, 0.2) is 0 Å². The molecular formula is C16H16FN3O2. The summed E-state index contributed by atoms with van der Waals surface area (Å²) in [7, 11) is 0. The Morgan fingerprint density at radius 3 is 2.23 bits per heavy atom. The fourth-order valence-electron chi connectivity index (χ4n) is 1.86. The van der Waals surface area contributed by atoms with E-state index < -0.39 is 5.91 Å². The third-order valence-corrected chi connectivity index (χ3v) is 3.03. The summed E-state index contributed by atoms with van der Waals surface area (Å²) in [6, 6.07) is 12.3. The second-order valence-corrected chi connectivity index (χ2v) is 4.73. The van der Waals surface area contributed by atoms with Crippen LogP contribution in [0, 0.1) is 5.82 Å². The van der Waals surface area contributed by atoms with Crippen molar-refractivity contribution in [3.8, 4) is 0 Å². The van der Waals surface area contributed by atoms with Gasteiger partial charge in [0.25, 0.3) is 0 Å². The predicted molar refractivity (Wildman–Crippen MR) is 80.4 cm³/mol. The van der Waals surface area contributed by atoms with Crippen LogP contribution in [0.3, 0.4) is 0 Å². The molecule has 2 rings (SSSR count). The largest absolute Gasteiger partial charge is 0.366 e. The molecule has 0 aliphatic rings. The quantitative estimate of drug-likeness (QED) is 0.788. The lowest BCUT2D eigenvalue weighted by molar-refractivity contribution is 0.1000. The van der Waals surface area contributed by atoms with E-state index in [1.54, 1.807) is 36.4 Å². The number of rotatable bonds is 5. The molecule has 0 spiro atoms. The third kappa shape index (κ3) is 4.59. The number of nitrogens with one attached hydrogen (secondary N) is 2. The molecule has 0 unspecified atom stereocenters. The summed E-state index contributed by atoms with van der Waals surface area (Å²) in [4.78, 5) is 22.8. The van der Waals surface area contributed by atoms with E-state index in [-0.39, 0.29) is 18.4 Å². The predicted octanol–water partition coefficient (Wildman–Crippen LogP) is 1.92. The van der Waals surface area contributed by atoms with Crippen molar-refractivity contribution in [2.75, 3.05) is 0 Å². The van der Waals surface area contributed by atoms with Gasteiger partial charge in [0.1, 0.15) is 5.82 Å². The molecule has 0 heterocycles. The Morgan fingerprint density at radius 2 is 1.59 bits per heavy atom. The number of halogens is 1.